The first-order valence-electron chi connectivity index (χ1n) is 10.2. The van der Waals surface area contributed by atoms with Crippen LogP contribution in [-0.4, -0.2) is 28.4 Å². The van der Waals surface area contributed by atoms with Gasteiger partial charge in [-0.05, 0) is 42.7 Å². The summed E-state index contributed by atoms with van der Waals surface area (Å²) in [6.45, 7) is 2.26. The van der Waals surface area contributed by atoms with Crippen LogP contribution in [0.4, 0.5) is 17.6 Å². The van der Waals surface area contributed by atoms with Crippen LogP contribution in [0.25, 0.3) is 17.0 Å². The third-order valence-corrected chi connectivity index (χ3v) is 6.34. The summed E-state index contributed by atoms with van der Waals surface area (Å²) in [5.41, 5.74) is 2.96. The highest BCUT2D eigenvalue weighted by Crippen LogP contribution is 2.48. The minimum absolute atomic E-state index is 0.0778. The Morgan fingerprint density at radius 2 is 1.80 bits per heavy atom. The molecule has 0 saturated heterocycles. The van der Waals surface area contributed by atoms with Crippen LogP contribution >= 0.6 is 0 Å². The van der Waals surface area contributed by atoms with Crippen molar-refractivity contribution in [3.63, 3.8) is 0 Å². The molecule has 1 aliphatic carbocycles. The number of alkyl halides is 2. The normalized spacial score (nSPS) is 21.8. The first-order valence-corrected chi connectivity index (χ1v) is 10.2. The van der Waals surface area contributed by atoms with Crippen LogP contribution in [0.1, 0.15) is 48.2 Å². The number of para-hydroxylation sites is 1. The zero-order valence-corrected chi connectivity index (χ0v) is 16.6. The molecular weight excluding hydrogens is 392 g/mol. The number of hydrogen-bond acceptors (Lipinski definition) is 1. The number of rotatable bonds is 3. The van der Waals surface area contributed by atoms with Crippen LogP contribution in [0, 0.1) is 11.6 Å². The van der Waals surface area contributed by atoms with Crippen molar-refractivity contribution >= 4 is 17.0 Å². The number of hydrogen-bond donors (Lipinski definition) is 1. The van der Waals surface area contributed by atoms with Gasteiger partial charge in [0.25, 0.3) is 5.92 Å². The van der Waals surface area contributed by atoms with Crippen LogP contribution in [-0.2, 0) is 6.42 Å². The molecule has 30 heavy (non-hydrogen) atoms. The predicted molar refractivity (Wildman–Crippen MR) is 110 cm³/mol. The molecule has 3 aromatic rings. The number of allylic oxidation sites excluding steroid dienone is 1. The van der Waals surface area contributed by atoms with Crippen LogP contribution in [0.5, 0.6) is 0 Å². The maximum Gasteiger partial charge on any atom is 0.251 e. The molecule has 0 radical (unpaired) electrons. The highest BCUT2D eigenvalue weighted by atomic mass is 19.3. The van der Waals surface area contributed by atoms with Crippen molar-refractivity contribution in [3.8, 4) is 0 Å². The van der Waals surface area contributed by atoms with Gasteiger partial charge < -0.3 is 4.98 Å². The van der Waals surface area contributed by atoms with Gasteiger partial charge in [-0.25, -0.2) is 17.6 Å². The lowest BCUT2D eigenvalue weighted by Gasteiger charge is -2.48. The van der Waals surface area contributed by atoms with Crippen molar-refractivity contribution < 1.29 is 17.6 Å². The third-order valence-electron chi connectivity index (χ3n) is 6.34. The van der Waals surface area contributed by atoms with E-state index in [1.807, 2.05) is 29.2 Å². The Labute approximate surface area is 172 Å². The summed E-state index contributed by atoms with van der Waals surface area (Å²) >= 11 is 0. The number of benzene rings is 2. The molecule has 1 atom stereocenters. The van der Waals surface area contributed by atoms with Gasteiger partial charge in [0.1, 0.15) is 11.6 Å². The Balaban J connectivity index is 1.67. The second kappa shape index (κ2) is 6.98. The zero-order valence-electron chi connectivity index (χ0n) is 16.6. The molecule has 2 nitrogen and oxygen atoms in total. The molecule has 0 spiro atoms. The molecule has 1 N–H and O–H groups in total. The second-order valence-electron chi connectivity index (χ2n) is 8.27. The number of fused-ring (bicyclic) bond motifs is 3. The highest BCUT2D eigenvalue weighted by Gasteiger charge is 2.51. The van der Waals surface area contributed by atoms with Crippen molar-refractivity contribution in [3.05, 3.63) is 76.5 Å². The SMILES string of the molecule is C/C=C/c1cc(F)c(C2c3[nH]c4ccccc4c3CCN2C2CC(F)(F)C2)c(F)c1. The van der Waals surface area contributed by atoms with E-state index < -0.39 is 29.6 Å². The molecule has 1 unspecified atom stereocenters. The molecule has 156 valence electrons. The summed E-state index contributed by atoms with van der Waals surface area (Å²) in [4.78, 5) is 5.19. The largest absolute Gasteiger partial charge is 0.357 e. The lowest BCUT2D eigenvalue weighted by Crippen LogP contribution is -2.54. The van der Waals surface area contributed by atoms with Gasteiger partial charge in [0.05, 0.1) is 6.04 Å². The minimum Gasteiger partial charge on any atom is -0.357 e. The van der Waals surface area contributed by atoms with Crippen LogP contribution in [0.3, 0.4) is 0 Å². The average molecular weight is 414 g/mol. The summed E-state index contributed by atoms with van der Waals surface area (Å²) in [6, 6.07) is 9.19. The number of nitrogens with one attached hydrogen (secondary N) is 1. The van der Waals surface area contributed by atoms with Crippen molar-refractivity contribution in [2.75, 3.05) is 6.54 Å². The minimum atomic E-state index is -2.71. The second-order valence-corrected chi connectivity index (χ2v) is 8.27. The Kier molecular flexibility index (Phi) is 4.51. The average Bonchev–Trinajstić information content (AvgIpc) is 3.05. The van der Waals surface area contributed by atoms with Gasteiger partial charge in [-0.2, -0.15) is 0 Å². The maximum absolute atomic E-state index is 15.2. The lowest BCUT2D eigenvalue weighted by molar-refractivity contribution is -0.131. The zero-order chi connectivity index (χ0) is 21.0. The fraction of sp³-hybridized carbons (Fsp3) is 0.333. The number of aromatic amines is 1. The summed E-state index contributed by atoms with van der Waals surface area (Å²) in [5.74, 6) is -4.02. The first kappa shape index (κ1) is 19.4. The fourth-order valence-corrected chi connectivity index (χ4v) is 4.98. The molecule has 1 aromatic heterocycles. The van der Waals surface area contributed by atoms with Gasteiger partial charge in [-0.3, -0.25) is 4.90 Å². The van der Waals surface area contributed by atoms with E-state index in [4.69, 9.17) is 0 Å². The molecule has 1 saturated carbocycles. The molecule has 2 heterocycles. The highest BCUT2D eigenvalue weighted by molar-refractivity contribution is 5.85. The van der Waals surface area contributed by atoms with Gasteiger partial charge in [-0.1, -0.05) is 30.4 Å². The van der Waals surface area contributed by atoms with Gasteiger partial charge in [-0.15, -0.1) is 0 Å². The van der Waals surface area contributed by atoms with Crippen molar-refractivity contribution in [1.29, 1.82) is 0 Å². The smallest absolute Gasteiger partial charge is 0.251 e. The molecular formula is C24H22F4N2. The van der Waals surface area contributed by atoms with Crippen molar-refractivity contribution in [2.45, 2.75) is 44.2 Å². The van der Waals surface area contributed by atoms with Crippen LogP contribution in [0.2, 0.25) is 0 Å². The molecule has 0 amide bonds. The molecule has 1 fully saturated rings. The van der Waals surface area contributed by atoms with E-state index in [2.05, 4.69) is 4.98 Å². The third kappa shape index (κ3) is 3.05. The topological polar surface area (TPSA) is 19.0 Å². The van der Waals surface area contributed by atoms with E-state index >= 15 is 8.78 Å². The first-order chi connectivity index (χ1) is 14.4. The Bertz CT molecular complexity index is 1120. The molecule has 5 rings (SSSR count). The van der Waals surface area contributed by atoms with Gasteiger partial charge >= 0.3 is 0 Å². The Hall–Kier alpha value is -2.60. The van der Waals surface area contributed by atoms with E-state index in [1.165, 1.54) is 12.1 Å². The van der Waals surface area contributed by atoms with Gasteiger partial charge in [0, 0.05) is 47.6 Å². The standard InChI is InChI=1S/C24H22F4N2/c1-2-5-14-10-18(25)21(19(26)11-14)23-22-17(16-6-3-4-7-20(16)29-22)8-9-30(23)15-12-24(27,28)13-15/h2-7,10-11,15,23,29H,8-9,12-13H2,1H3/b5-2+. The summed E-state index contributed by atoms with van der Waals surface area (Å²) in [5, 5.41) is 1.02. The number of aromatic nitrogens is 1. The molecule has 0 bridgehead atoms. The summed E-state index contributed by atoms with van der Waals surface area (Å²) in [6.07, 6.45) is 3.44. The van der Waals surface area contributed by atoms with Gasteiger partial charge in [0.2, 0.25) is 0 Å². The van der Waals surface area contributed by atoms with Gasteiger partial charge in [0.15, 0.2) is 0 Å². The van der Waals surface area contributed by atoms with E-state index in [-0.39, 0.29) is 18.4 Å². The number of halogens is 4. The summed E-state index contributed by atoms with van der Waals surface area (Å²) < 4.78 is 57.7. The van der Waals surface area contributed by atoms with Crippen LogP contribution < -0.4 is 0 Å². The van der Waals surface area contributed by atoms with E-state index in [0.717, 1.165) is 16.5 Å². The number of nitrogens with zero attached hydrogens (tertiary/aromatic N) is 1. The quantitative estimate of drug-likeness (QED) is 0.504. The lowest BCUT2D eigenvalue weighted by atomic mass is 9.82. The Morgan fingerprint density at radius 3 is 2.47 bits per heavy atom. The Morgan fingerprint density at radius 1 is 1.10 bits per heavy atom. The van der Waals surface area contributed by atoms with E-state index in [0.29, 0.717) is 24.2 Å². The summed E-state index contributed by atoms with van der Waals surface area (Å²) in [7, 11) is 0. The van der Waals surface area contributed by atoms with E-state index in [9.17, 15) is 8.78 Å². The fourth-order valence-electron chi connectivity index (χ4n) is 4.98. The predicted octanol–water partition coefficient (Wildman–Crippen LogP) is 6.22. The van der Waals surface area contributed by atoms with E-state index in [1.54, 1.807) is 19.1 Å². The molecule has 2 aliphatic rings. The van der Waals surface area contributed by atoms with Crippen molar-refractivity contribution in [2.24, 2.45) is 0 Å². The van der Waals surface area contributed by atoms with Crippen molar-refractivity contribution in [1.82, 2.24) is 9.88 Å². The monoisotopic (exact) mass is 414 g/mol. The number of H-pyrrole nitrogens is 1. The molecule has 2 aromatic carbocycles. The molecule has 6 heteroatoms. The molecule has 1 aliphatic heterocycles. The van der Waals surface area contributed by atoms with Crippen LogP contribution in [0.15, 0.2) is 42.5 Å². The maximum atomic E-state index is 15.2.